The van der Waals surface area contributed by atoms with Crippen molar-refractivity contribution < 1.29 is 117 Å². The Morgan fingerprint density at radius 2 is 0.649 bits per heavy atom. The van der Waals surface area contributed by atoms with E-state index in [1.807, 2.05) is 170 Å². The number of carbonyl (C=O) groups excluding carboxylic acids is 3. The van der Waals surface area contributed by atoms with Crippen molar-refractivity contribution in [2.45, 2.75) is 62.3 Å². The first-order valence-corrected chi connectivity index (χ1v) is 34.7. The van der Waals surface area contributed by atoms with Crippen molar-refractivity contribution in [3.05, 3.63) is 307 Å². The zero-order valence-electron chi connectivity index (χ0n) is 61.6. The fourth-order valence-corrected chi connectivity index (χ4v) is 12.6. The maximum atomic E-state index is 10.0. The zero-order valence-corrected chi connectivity index (χ0v) is 68.8. The Hall–Kier alpha value is -12.0. The molecule has 0 aliphatic rings. The van der Waals surface area contributed by atoms with Crippen molar-refractivity contribution in [1.82, 2.24) is 15.0 Å². The van der Waals surface area contributed by atoms with Crippen LogP contribution in [0.2, 0.25) is 0 Å². The van der Waals surface area contributed by atoms with Crippen molar-refractivity contribution in [3.63, 3.8) is 0 Å². The average molecular weight is 2000 g/mol. The van der Waals surface area contributed by atoms with Crippen molar-refractivity contribution in [3.8, 4) is 67.7 Å². The molecule has 3 radical (unpaired) electrons. The molecule has 0 saturated heterocycles. The Kier molecular flexibility index (Phi) is 26.8. The quantitative estimate of drug-likeness (QED) is 0.0693. The van der Waals surface area contributed by atoms with Crippen LogP contribution in [-0.4, -0.2) is 47.6 Å². The van der Waals surface area contributed by atoms with E-state index < -0.39 is 0 Å². The molecule has 15 nitrogen and oxygen atoms in total. The van der Waals surface area contributed by atoms with Crippen LogP contribution in [0, 0.1) is 39.0 Å². The second-order valence-corrected chi connectivity index (χ2v) is 25.9. The summed E-state index contributed by atoms with van der Waals surface area (Å²) < 4.78 is 36.7. The first kappa shape index (κ1) is 81.5. The topological polar surface area (TPSA) is 229 Å². The molecule has 9 aromatic heterocycles. The molecule has 0 amide bonds. The number of allylic oxidation sites excluding steroid dienone is 6. The minimum Gasteiger partial charge on any atom is -0.512 e. The molecule has 9 aromatic carbocycles. The molecule has 0 aliphatic heterocycles. The molecule has 0 bridgehead atoms. The summed E-state index contributed by atoms with van der Waals surface area (Å²) in [7, 11) is 0. The van der Waals surface area contributed by atoms with Gasteiger partial charge in [-0.05, 0) is 127 Å². The Morgan fingerprint density at radius 1 is 0.333 bits per heavy atom. The van der Waals surface area contributed by atoms with Gasteiger partial charge in [-0.2, -0.15) is 0 Å². The molecule has 0 aliphatic carbocycles. The number of benzene rings is 9. The van der Waals surface area contributed by atoms with Crippen LogP contribution in [-0.2, 0) is 74.7 Å². The minimum absolute atomic E-state index is 0. The SMILES string of the molecule is CC(=O)C=C(C)O.CC(=O)C=C(C)O.CC(=O)C=C(C)O.Cc1ccc(-c2cc3ccc(-c4[c-]ccc5c4oc4ccccc45)nc3o2)cc1.Cc1cccc(C)c1-c1cc2ccc(-c3[c-]ccc4c3oc3ccccc34)nc2o1.[Ir].[Ir].[Ir].[c-]1ccc2c(oc3ccccc32)c1-c1ccc2cc(-c3ccccc3)oc2n1. The van der Waals surface area contributed by atoms with Crippen LogP contribution in [0.5, 0.6) is 0 Å². The Morgan fingerprint density at radius 3 is 0.982 bits per heavy atom. The van der Waals surface area contributed by atoms with E-state index in [0.717, 1.165) is 150 Å². The summed E-state index contributed by atoms with van der Waals surface area (Å²) in [5.74, 6) is 2.28. The van der Waals surface area contributed by atoms with Gasteiger partial charge in [0.05, 0.1) is 34.0 Å². The van der Waals surface area contributed by atoms with Crippen molar-refractivity contribution in [2.24, 2.45) is 0 Å². The van der Waals surface area contributed by atoms with Gasteiger partial charge in [-0.1, -0.05) is 202 Å². The van der Waals surface area contributed by atoms with E-state index in [9.17, 15) is 14.4 Å². The smallest absolute Gasteiger partial charge is 0.217 e. The molecule has 0 atom stereocenters. The maximum absolute atomic E-state index is 10.0. The van der Waals surface area contributed by atoms with Gasteiger partial charge < -0.3 is 41.8 Å². The largest absolute Gasteiger partial charge is 0.512 e. The summed E-state index contributed by atoms with van der Waals surface area (Å²) in [6.45, 7) is 14.8. The molecule has 111 heavy (non-hydrogen) atoms. The first-order valence-electron chi connectivity index (χ1n) is 34.7. The summed E-state index contributed by atoms with van der Waals surface area (Å²) in [5, 5.41) is 34.5. The molecule has 18 heteroatoms. The number of aliphatic hydroxyl groups is 3. The van der Waals surface area contributed by atoms with Gasteiger partial charge in [-0.15, -0.1) is 54.6 Å². The molecule has 3 N–H and O–H groups in total. The van der Waals surface area contributed by atoms with Gasteiger partial charge in [-0.3, -0.25) is 29.3 Å². The van der Waals surface area contributed by atoms with Crippen molar-refractivity contribution in [1.29, 1.82) is 0 Å². The fraction of sp³-hybridized carbons (Fsp3) is 0.0968. The number of aliphatic hydroxyl groups excluding tert-OH is 3. The normalized spacial score (nSPS) is 11.3. The van der Waals surface area contributed by atoms with Gasteiger partial charge in [0.2, 0.25) is 17.1 Å². The third-order valence-corrected chi connectivity index (χ3v) is 17.3. The molecular weight excluding hydrogens is 1930 g/mol. The van der Waals surface area contributed by atoms with Gasteiger partial charge in [0.25, 0.3) is 0 Å². The summed E-state index contributed by atoms with van der Waals surface area (Å²) >= 11 is 0. The zero-order chi connectivity index (χ0) is 75.7. The Labute approximate surface area is 679 Å². The van der Waals surface area contributed by atoms with Crippen molar-refractivity contribution >= 4 is 116 Å². The van der Waals surface area contributed by atoms with E-state index in [4.69, 9.17) is 56.8 Å². The number of hydrogen-bond acceptors (Lipinski definition) is 15. The predicted octanol–water partition coefficient (Wildman–Crippen LogP) is 24.6. The molecular formula is C93H72Ir3N3O12-3. The number of fused-ring (bicyclic) bond motifs is 12. The fourth-order valence-electron chi connectivity index (χ4n) is 12.6. The summed E-state index contributed by atoms with van der Waals surface area (Å²) in [4.78, 5) is 44.4. The van der Waals surface area contributed by atoms with Gasteiger partial charge in [-0.25, -0.2) is 0 Å². The molecule has 0 unspecified atom stereocenters. The van der Waals surface area contributed by atoms with Gasteiger partial charge in [0.15, 0.2) is 17.3 Å². The Balaban J connectivity index is 0.000000155. The molecule has 0 saturated carbocycles. The van der Waals surface area contributed by atoms with Gasteiger partial charge in [0, 0.05) is 128 Å². The molecule has 9 heterocycles. The molecule has 18 aromatic rings. The molecule has 0 fully saturated rings. The average Bonchev–Trinajstić information content (AvgIpc) is 1.63. The van der Waals surface area contributed by atoms with E-state index in [1.165, 1.54) is 76.5 Å². The van der Waals surface area contributed by atoms with Crippen LogP contribution >= 0.6 is 0 Å². The second-order valence-electron chi connectivity index (χ2n) is 25.9. The number of nitrogens with zero attached hydrogens (tertiary/aromatic N) is 3. The Bertz CT molecular complexity index is 6390. The number of furan rings is 6. The minimum atomic E-state index is -0.125. The summed E-state index contributed by atoms with van der Waals surface area (Å²) in [6.07, 6.45) is 3.50. The second kappa shape index (κ2) is 36.5. The van der Waals surface area contributed by atoms with Crippen LogP contribution < -0.4 is 0 Å². The molecule has 18 rings (SSSR count). The number of carbonyl (C=O) groups is 3. The standard InChI is InChI=1S/C27H18NO2.C26H16NO2.C25H14NO2.3C5H8O2.3Ir/c1-16-7-5-8-17(2)25(16)24-15-18-13-14-22(28-27(18)30-24)21-11-6-10-20-19-9-3-4-12-23(19)29-26(20)21;1-16-9-11-17(12-10-16)24-15-18-13-14-22(27-26(18)29-24)21-7-4-6-20-19-5-2-3-8-23(19)28-25(20)21;1-2-7-16(8-3-1)23-15-17-13-14-21(26-25(17)28-23)20-11-6-10-19-18-9-4-5-12-22(18)27-24(19)20;3*1-4(6)3-5(2)7;;;/h3-10,12-15H,1-2H3;2-6,8-15H,1H3;1-10,12-15H;3*3,6H,1-2H3;;;/q3*-1;;;;;;. The van der Waals surface area contributed by atoms with E-state index in [1.54, 1.807) is 0 Å². The molecule has 561 valence electrons. The van der Waals surface area contributed by atoms with Crippen LogP contribution in [0.1, 0.15) is 58.2 Å². The number of aromatic nitrogens is 3. The van der Waals surface area contributed by atoms with E-state index in [-0.39, 0.29) is 94.9 Å². The van der Waals surface area contributed by atoms with E-state index in [2.05, 4.69) is 106 Å². The number of ketones is 3. The summed E-state index contributed by atoms with van der Waals surface area (Å²) in [5.41, 5.74) is 18.5. The summed E-state index contributed by atoms with van der Waals surface area (Å²) in [6, 6.07) is 88.8. The van der Waals surface area contributed by atoms with Gasteiger partial charge in [0.1, 0.15) is 34.0 Å². The van der Waals surface area contributed by atoms with Crippen LogP contribution in [0.15, 0.2) is 299 Å². The van der Waals surface area contributed by atoms with Crippen LogP contribution in [0.3, 0.4) is 0 Å². The van der Waals surface area contributed by atoms with Crippen LogP contribution in [0.25, 0.3) is 167 Å². The van der Waals surface area contributed by atoms with E-state index >= 15 is 0 Å². The van der Waals surface area contributed by atoms with E-state index in [0.29, 0.717) is 17.1 Å². The number of pyridine rings is 3. The maximum Gasteiger partial charge on any atom is 0.217 e. The number of hydrogen-bond donors (Lipinski definition) is 3. The van der Waals surface area contributed by atoms with Crippen molar-refractivity contribution in [2.75, 3.05) is 0 Å². The first-order chi connectivity index (χ1) is 52.2. The van der Waals surface area contributed by atoms with Gasteiger partial charge >= 0.3 is 0 Å². The number of para-hydroxylation sites is 3. The number of rotatable bonds is 9. The number of aryl methyl sites for hydroxylation is 3. The molecule has 0 spiro atoms. The monoisotopic (exact) mass is 2000 g/mol. The third-order valence-electron chi connectivity index (χ3n) is 17.3. The third kappa shape index (κ3) is 19.0. The van der Waals surface area contributed by atoms with Crippen LogP contribution in [0.4, 0.5) is 0 Å². The predicted molar refractivity (Wildman–Crippen MR) is 428 cm³/mol.